The quantitative estimate of drug-likeness (QED) is 0.815. The number of unbranched alkanes of at least 4 members (excludes halogenated alkanes) is 1. The Morgan fingerprint density at radius 3 is 2.70 bits per heavy atom. The van der Waals surface area contributed by atoms with E-state index in [4.69, 9.17) is 0 Å². The fraction of sp³-hybridized carbons (Fsp3) is 0.562. The lowest BCUT2D eigenvalue weighted by atomic mass is 10.1. The first-order valence-electron chi connectivity index (χ1n) is 7.36. The molecule has 4 heteroatoms. The zero-order valence-electron chi connectivity index (χ0n) is 12.6. The molecule has 2 atom stereocenters. The van der Waals surface area contributed by atoms with Gasteiger partial charge in [-0.05, 0) is 37.3 Å². The van der Waals surface area contributed by atoms with Gasteiger partial charge in [-0.1, -0.05) is 31.9 Å². The lowest BCUT2D eigenvalue weighted by molar-refractivity contribution is -0.130. The summed E-state index contributed by atoms with van der Waals surface area (Å²) in [7, 11) is 0. The summed E-state index contributed by atoms with van der Waals surface area (Å²) < 4.78 is 0. The Morgan fingerprint density at radius 1 is 1.40 bits per heavy atom. The van der Waals surface area contributed by atoms with Crippen molar-refractivity contribution >= 4 is 17.7 Å². The molecule has 3 nitrogen and oxygen atoms in total. The maximum atomic E-state index is 12.1. The standard InChI is InChI=1S/C16H24N2OS/c1-4-5-6-12(2)18-15(19)11-17-16(18)13-7-9-14(20-3)10-8-13/h7-10,12,16-17H,4-6,11H2,1-3H3. The molecule has 1 aromatic carbocycles. The van der Waals surface area contributed by atoms with E-state index < -0.39 is 0 Å². The third-order valence-corrected chi connectivity index (χ3v) is 4.64. The summed E-state index contributed by atoms with van der Waals surface area (Å²) in [6.45, 7) is 4.80. The molecule has 20 heavy (non-hydrogen) atoms. The highest BCUT2D eigenvalue weighted by molar-refractivity contribution is 7.98. The highest BCUT2D eigenvalue weighted by Crippen LogP contribution is 2.28. The Kier molecular flexibility index (Phi) is 5.49. The summed E-state index contributed by atoms with van der Waals surface area (Å²) in [5.41, 5.74) is 1.18. The van der Waals surface area contributed by atoms with Gasteiger partial charge in [0.1, 0.15) is 6.17 Å². The minimum Gasteiger partial charge on any atom is -0.319 e. The van der Waals surface area contributed by atoms with Crippen molar-refractivity contribution < 1.29 is 4.79 Å². The average Bonchev–Trinajstić information content (AvgIpc) is 2.86. The summed E-state index contributed by atoms with van der Waals surface area (Å²) in [6.07, 6.45) is 5.52. The molecule has 110 valence electrons. The zero-order valence-corrected chi connectivity index (χ0v) is 13.4. The van der Waals surface area contributed by atoms with E-state index in [1.165, 1.54) is 23.3 Å². The Hall–Kier alpha value is -1.00. The van der Waals surface area contributed by atoms with Crippen LogP contribution in [-0.2, 0) is 4.79 Å². The van der Waals surface area contributed by atoms with Gasteiger partial charge in [0.2, 0.25) is 5.91 Å². The second kappa shape index (κ2) is 7.14. The zero-order chi connectivity index (χ0) is 14.5. The van der Waals surface area contributed by atoms with Gasteiger partial charge in [0, 0.05) is 10.9 Å². The van der Waals surface area contributed by atoms with E-state index in [1.54, 1.807) is 11.8 Å². The Balaban J connectivity index is 2.13. The number of benzene rings is 1. The number of rotatable bonds is 6. The van der Waals surface area contributed by atoms with Gasteiger partial charge in [-0.15, -0.1) is 11.8 Å². The number of hydrogen-bond acceptors (Lipinski definition) is 3. The van der Waals surface area contributed by atoms with Crippen LogP contribution < -0.4 is 5.32 Å². The number of nitrogens with one attached hydrogen (secondary N) is 1. The highest BCUT2D eigenvalue weighted by Gasteiger charge is 2.34. The van der Waals surface area contributed by atoms with Crippen molar-refractivity contribution in [3.05, 3.63) is 29.8 Å². The van der Waals surface area contributed by atoms with Gasteiger partial charge in [0.05, 0.1) is 6.54 Å². The molecule has 1 aromatic rings. The van der Waals surface area contributed by atoms with Gasteiger partial charge >= 0.3 is 0 Å². The lowest BCUT2D eigenvalue weighted by Gasteiger charge is -2.31. The number of amides is 1. The molecule has 0 radical (unpaired) electrons. The summed E-state index contributed by atoms with van der Waals surface area (Å²) in [5.74, 6) is 0.215. The van der Waals surface area contributed by atoms with E-state index in [0.29, 0.717) is 12.6 Å². The first kappa shape index (κ1) is 15.4. The molecule has 1 aliphatic heterocycles. The predicted molar refractivity (Wildman–Crippen MR) is 84.8 cm³/mol. The van der Waals surface area contributed by atoms with Crippen molar-refractivity contribution in [2.24, 2.45) is 0 Å². The SMILES string of the molecule is CCCCC(C)N1C(=O)CNC1c1ccc(SC)cc1. The fourth-order valence-corrected chi connectivity index (χ4v) is 3.13. The normalized spacial score (nSPS) is 20.4. The minimum atomic E-state index is 0.0327. The van der Waals surface area contributed by atoms with E-state index in [9.17, 15) is 4.79 Å². The van der Waals surface area contributed by atoms with Crippen LogP contribution in [0.5, 0.6) is 0 Å². The molecular weight excluding hydrogens is 268 g/mol. The lowest BCUT2D eigenvalue weighted by Crippen LogP contribution is -2.37. The summed E-state index contributed by atoms with van der Waals surface area (Å²) in [6, 6.07) is 8.80. The molecule has 0 aliphatic carbocycles. The van der Waals surface area contributed by atoms with Crippen LogP contribution >= 0.6 is 11.8 Å². The molecule has 0 aromatic heterocycles. The van der Waals surface area contributed by atoms with Crippen LogP contribution in [0.1, 0.15) is 44.8 Å². The van der Waals surface area contributed by atoms with Crippen LogP contribution in [0.3, 0.4) is 0 Å². The summed E-state index contributed by atoms with van der Waals surface area (Å²) in [4.78, 5) is 15.4. The van der Waals surface area contributed by atoms with E-state index in [1.807, 2.05) is 4.90 Å². The van der Waals surface area contributed by atoms with Gasteiger partial charge in [-0.3, -0.25) is 10.1 Å². The number of hydrogen-bond donors (Lipinski definition) is 1. The van der Waals surface area contributed by atoms with Gasteiger partial charge in [0.25, 0.3) is 0 Å². The smallest absolute Gasteiger partial charge is 0.238 e. The molecule has 1 fully saturated rings. The van der Waals surface area contributed by atoms with E-state index >= 15 is 0 Å². The number of carbonyl (C=O) groups excluding carboxylic acids is 1. The summed E-state index contributed by atoms with van der Waals surface area (Å²) >= 11 is 1.74. The Morgan fingerprint density at radius 2 is 2.10 bits per heavy atom. The van der Waals surface area contributed by atoms with Crippen LogP contribution in [0, 0.1) is 0 Å². The van der Waals surface area contributed by atoms with Gasteiger partial charge in [0.15, 0.2) is 0 Å². The van der Waals surface area contributed by atoms with Gasteiger partial charge in [-0.25, -0.2) is 0 Å². The van der Waals surface area contributed by atoms with E-state index in [-0.39, 0.29) is 12.1 Å². The molecule has 2 unspecified atom stereocenters. The van der Waals surface area contributed by atoms with E-state index in [0.717, 1.165) is 6.42 Å². The molecule has 1 saturated heterocycles. The van der Waals surface area contributed by atoms with Crippen molar-refractivity contribution in [1.29, 1.82) is 0 Å². The van der Waals surface area contributed by atoms with Crippen LogP contribution in [0.4, 0.5) is 0 Å². The number of carbonyl (C=O) groups is 1. The first-order valence-corrected chi connectivity index (χ1v) is 8.58. The van der Waals surface area contributed by atoms with Crippen molar-refractivity contribution in [2.75, 3.05) is 12.8 Å². The third-order valence-electron chi connectivity index (χ3n) is 3.89. The fourth-order valence-electron chi connectivity index (χ4n) is 2.72. The van der Waals surface area contributed by atoms with Crippen molar-refractivity contribution in [3.63, 3.8) is 0 Å². The molecule has 1 amide bonds. The Labute approximate surface area is 126 Å². The third kappa shape index (κ3) is 3.36. The topological polar surface area (TPSA) is 32.3 Å². The molecule has 0 spiro atoms. The maximum absolute atomic E-state index is 12.1. The maximum Gasteiger partial charge on any atom is 0.238 e. The van der Waals surface area contributed by atoms with Gasteiger partial charge in [-0.2, -0.15) is 0 Å². The van der Waals surface area contributed by atoms with Crippen molar-refractivity contribution in [2.45, 2.75) is 50.2 Å². The largest absolute Gasteiger partial charge is 0.319 e. The molecule has 0 saturated carbocycles. The summed E-state index contributed by atoms with van der Waals surface area (Å²) in [5, 5.41) is 3.34. The monoisotopic (exact) mass is 292 g/mol. The van der Waals surface area contributed by atoms with Gasteiger partial charge < -0.3 is 4.90 Å². The van der Waals surface area contributed by atoms with Crippen molar-refractivity contribution in [3.8, 4) is 0 Å². The molecular formula is C16H24N2OS. The number of thioether (sulfide) groups is 1. The number of nitrogens with zero attached hydrogens (tertiary/aromatic N) is 1. The average molecular weight is 292 g/mol. The molecule has 2 rings (SSSR count). The first-order chi connectivity index (χ1) is 9.67. The molecule has 0 bridgehead atoms. The molecule has 1 aliphatic rings. The van der Waals surface area contributed by atoms with Crippen LogP contribution in [0.2, 0.25) is 0 Å². The minimum absolute atomic E-state index is 0.0327. The van der Waals surface area contributed by atoms with Crippen LogP contribution in [0.25, 0.3) is 0 Å². The Bertz CT molecular complexity index is 446. The molecule has 1 N–H and O–H groups in total. The van der Waals surface area contributed by atoms with Crippen molar-refractivity contribution in [1.82, 2.24) is 10.2 Å². The van der Waals surface area contributed by atoms with Crippen LogP contribution in [0.15, 0.2) is 29.2 Å². The molecule has 1 heterocycles. The second-order valence-corrected chi connectivity index (χ2v) is 6.23. The predicted octanol–water partition coefficient (Wildman–Crippen LogP) is 3.42. The second-order valence-electron chi connectivity index (χ2n) is 5.35. The van der Waals surface area contributed by atoms with Crippen LogP contribution in [-0.4, -0.2) is 29.6 Å². The van der Waals surface area contributed by atoms with E-state index in [2.05, 4.69) is 49.7 Å². The highest BCUT2D eigenvalue weighted by atomic mass is 32.2.